The number of hydrogen-bond donors (Lipinski definition) is 1. The van der Waals surface area contributed by atoms with Gasteiger partial charge < -0.3 is 24.4 Å². The normalized spacial score (nSPS) is 16.7. The van der Waals surface area contributed by atoms with Crippen LogP contribution in [0.3, 0.4) is 0 Å². The van der Waals surface area contributed by atoms with E-state index in [9.17, 15) is 0 Å². The number of guanidine groups is 1. The molecule has 0 aromatic heterocycles. The number of rotatable bonds is 10. The molecule has 1 aliphatic heterocycles. The number of nitrogens with zero attached hydrogens (tertiary/aromatic N) is 2. The highest BCUT2D eigenvalue weighted by molar-refractivity contribution is 14.0. The second-order valence-corrected chi connectivity index (χ2v) is 6.53. The molecule has 1 unspecified atom stereocenters. The van der Waals surface area contributed by atoms with Crippen LogP contribution in [-0.2, 0) is 9.47 Å². The van der Waals surface area contributed by atoms with E-state index in [2.05, 4.69) is 41.2 Å². The summed E-state index contributed by atoms with van der Waals surface area (Å²) in [7, 11) is 2.02. The van der Waals surface area contributed by atoms with E-state index < -0.39 is 0 Å². The summed E-state index contributed by atoms with van der Waals surface area (Å²) < 4.78 is 17.0. The minimum atomic E-state index is 0. The molecule has 2 rings (SSSR count). The van der Waals surface area contributed by atoms with E-state index in [0.29, 0.717) is 26.4 Å². The fourth-order valence-corrected chi connectivity index (χ4v) is 2.72. The van der Waals surface area contributed by atoms with Gasteiger partial charge in [-0.3, -0.25) is 4.99 Å². The smallest absolute Gasteiger partial charge is 0.193 e. The molecule has 27 heavy (non-hydrogen) atoms. The van der Waals surface area contributed by atoms with Crippen molar-refractivity contribution in [2.45, 2.75) is 32.8 Å². The van der Waals surface area contributed by atoms with Crippen molar-refractivity contribution in [2.24, 2.45) is 4.99 Å². The Morgan fingerprint density at radius 3 is 2.74 bits per heavy atom. The van der Waals surface area contributed by atoms with Crippen LogP contribution < -0.4 is 10.1 Å². The largest absolute Gasteiger partial charge is 0.492 e. The van der Waals surface area contributed by atoms with Crippen molar-refractivity contribution in [1.82, 2.24) is 10.2 Å². The summed E-state index contributed by atoms with van der Waals surface area (Å²) in [4.78, 5) is 6.71. The van der Waals surface area contributed by atoms with Gasteiger partial charge in [0.1, 0.15) is 12.4 Å². The molecule has 1 atom stereocenters. The lowest BCUT2D eigenvalue weighted by atomic mass is 10.2. The van der Waals surface area contributed by atoms with Crippen molar-refractivity contribution in [1.29, 1.82) is 0 Å². The highest BCUT2D eigenvalue weighted by Crippen LogP contribution is 2.12. The molecule has 0 saturated carbocycles. The van der Waals surface area contributed by atoms with Crippen LogP contribution in [0.4, 0.5) is 0 Å². The summed E-state index contributed by atoms with van der Waals surface area (Å²) in [5, 5.41) is 3.31. The van der Waals surface area contributed by atoms with Gasteiger partial charge in [0.15, 0.2) is 5.96 Å². The van der Waals surface area contributed by atoms with Crippen molar-refractivity contribution in [3.05, 3.63) is 29.8 Å². The molecule has 0 radical (unpaired) electrons. The predicted molar refractivity (Wildman–Crippen MR) is 120 cm³/mol. The number of nitrogens with one attached hydrogen (secondary N) is 1. The van der Waals surface area contributed by atoms with Crippen LogP contribution in [0.25, 0.3) is 0 Å². The van der Waals surface area contributed by atoms with Crippen LogP contribution in [0.5, 0.6) is 5.75 Å². The highest BCUT2D eigenvalue weighted by atomic mass is 127. The van der Waals surface area contributed by atoms with Gasteiger partial charge in [0, 0.05) is 20.2 Å². The second kappa shape index (κ2) is 14.0. The second-order valence-electron chi connectivity index (χ2n) is 6.53. The summed E-state index contributed by atoms with van der Waals surface area (Å²) in [5.74, 6) is 1.77. The zero-order valence-electron chi connectivity index (χ0n) is 16.8. The number of benzene rings is 1. The van der Waals surface area contributed by atoms with E-state index >= 15 is 0 Å². The van der Waals surface area contributed by atoms with Crippen LogP contribution in [0, 0.1) is 6.92 Å². The van der Waals surface area contributed by atoms with Crippen molar-refractivity contribution < 1.29 is 14.2 Å². The summed E-state index contributed by atoms with van der Waals surface area (Å²) in [5.41, 5.74) is 1.23. The first-order chi connectivity index (χ1) is 12.7. The van der Waals surface area contributed by atoms with Gasteiger partial charge in [-0.2, -0.15) is 0 Å². The fourth-order valence-electron chi connectivity index (χ4n) is 2.72. The van der Waals surface area contributed by atoms with Gasteiger partial charge in [0.25, 0.3) is 0 Å². The lowest BCUT2D eigenvalue weighted by Gasteiger charge is -2.22. The molecule has 7 heteroatoms. The Kier molecular flexibility index (Phi) is 12.4. The third-order valence-corrected chi connectivity index (χ3v) is 4.24. The average Bonchev–Trinajstić information content (AvgIpc) is 3.15. The SMILES string of the molecule is CCNC(=NCCOCC1CCCO1)N(C)CCOc1ccc(C)cc1.I. The first kappa shape index (κ1) is 24.0. The lowest BCUT2D eigenvalue weighted by molar-refractivity contribution is 0.0199. The van der Waals surface area contributed by atoms with E-state index in [4.69, 9.17) is 14.2 Å². The first-order valence-corrected chi connectivity index (χ1v) is 9.57. The number of halogens is 1. The Morgan fingerprint density at radius 2 is 2.07 bits per heavy atom. The maximum Gasteiger partial charge on any atom is 0.193 e. The molecule has 1 aliphatic rings. The van der Waals surface area contributed by atoms with Crippen LogP contribution in [0.15, 0.2) is 29.3 Å². The number of likely N-dealkylation sites (N-methyl/N-ethyl adjacent to an activating group) is 1. The zero-order valence-corrected chi connectivity index (χ0v) is 19.1. The molecule has 0 amide bonds. The number of hydrogen-bond acceptors (Lipinski definition) is 4. The maximum absolute atomic E-state index is 5.80. The van der Waals surface area contributed by atoms with Crippen molar-refractivity contribution in [2.75, 3.05) is 53.1 Å². The third kappa shape index (κ3) is 9.62. The molecule has 0 bridgehead atoms. The first-order valence-electron chi connectivity index (χ1n) is 9.57. The fraction of sp³-hybridized carbons (Fsp3) is 0.650. The molecule has 1 aromatic carbocycles. The van der Waals surface area contributed by atoms with Gasteiger partial charge in [0.05, 0.1) is 32.4 Å². The average molecular weight is 491 g/mol. The minimum Gasteiger partial charge on any atom is -0.492 e. The Labute approximate surface area is 180 Å². The highest BCUT2D eigenvalue weighted by Gasteiger charge is 2.15. The molecule has 1 saturated heterocycles. The molecule has 0 spiro atoms. The van der Waals surface area contributed by atoms with Crippen LogP contribution >= 0.6 is 24.0 Å². The maximum atomic E-state index is 5.80. The molecular formula is C20H34IN3O3. The van der Waals surface area contributed by atoms with Crippen molar-refractivity contribution in [3.63, 3.8) is 0 Å². The van der Waals surface area contributed by atoms with Crippen LogP contribution in [0.1, 0.15) is 25.3 Å². The third-order valence-electron chi connectivity index (χ3n) is 4.24. The lowest BCUT2D eigenvalue weighted by Crippen LogP contribution is -2.41. The molecule has 1 aromatic rings. The molecule has 1 heterocycles. The van der Waals surface area contributed by atoms with Crippen LogP contribution in [-0.4, -0.2) is 70.1 Å². The van der Waals surface area contributed by atoms with Gasteiger partial charge in [-0.05, 0) is 38.8 Å². The van der Waals surface area contributed by atoms with E-state index in [1.54, 1.807) is 0 Å². The van der Waals surface area contributed by atoms with Crippen LogP contribution in [0.2, 0.25) is 0 Å². The minimum absolute atomic E-state index is 0. The molecule has 154 valence electrons. The zero-order chi connectivity index (χ0) is 18.6. The van der Waals surface area contributed by atoms with Crippen molar-refractivity contribution in [3.8, 4) is 5.75 Å². The number of ether oxygens (including phenoxy) is 3. The predicted octanol–water partition coefficient (Wildman–Crippen LogP) is 3.08. The number of aliphatic imine (C=N–C) groups is 1. The molecule has 0 aliphatic carbocycles. The number of aryl methyl sites for hydroxylation is 1. The van der Waals surface area contributed by atoms with E-state index in [0.717, 1.165) is 44.2 Å². The van der Waals surface area contributed by atoms with E-state index in [1.807, 2.05) is 19.2 Å². The summed E-state index contributed by atoms with van der Waals surface area (Å²) >= 11 is 0. The monoisotopic (exact) mass is 491 g/mol. The molecule has 6 nitrogen and oxygen atoms in total. The molecule has 1 N–H and O–H groups in total. The van der Waals surface area contributed by atoms with Gasteiger partial charge in [0.2, 0.25) is 0 Å². The van der Waals surface area contributed by atoms with Gasteiger partial charge >= 0.3 is 0 Å². The summed E-state index contributed by atoms with van der Waals surface area (Å²) in [6.07, 6.45) is 2.52. The van der Waals surface area contributed by atoms with E-state index in [1.165, 1.54) is 5.56 Å². The van der Waals surface area contributed by atoms with E-state index in [-0.39, 0.29) is 30.1 Å². The van der Waals surface area contributed by atoms with Crippen molar-refractivity contribution >= 4 is 29.9 Å². The van der Waals surface area contributed by atoms with Gasteiger partial charge in [-0.15, -0.1) is 24.0 Å². The standard InChI is InChI=1S/C20H33N3O3.HI/c1-4-21-20(22-11-14-24-16-19-6-5-13-25-19)23(3)12-15-26-18-9-7-17(2)8-10-18;/h7-10,19H,4-6,11-16H2,1-3H3,(H,21,22);1H. The molecular weight excluding hydrogens is 457 g/mol. The topological polar surface area (TPSA) is 55.3 Å². The Balaban J connectivity index is 0.00000364. The summed E-state index contributed by atoms with van der Waals surface area (Å²) in [6.45, 7) is 9.13. The Morgan fingerprint density at radius 1 is 1.30 bits per heavy atom. The summed E-state index contributed by atoms with van der Waals surface area (Å²) in [6, 6.07) is 8.11. The Hall–Kier alpha value is -1.06. The Bertz CT molecular complexity index is 534. The van der Waals surface area contributed by atoms with Gasteiger partial charge in [-0.1, -0.05) is 17.7 Å². The quantitative estimate of drug-likeness (QED) is 0.236. The van der Waals surface area contributed by atoms with Gasteiger partial charge in [-0.25, -0.2) is 0 Å². The molecule has 1 fully saturated rings.